The van der Waals surface area contributed by atoms with Crippen LogP contribution in [0.15, 0.2) is 55.0 Å². The van der Waals surface area contributed by atoms with Crippen molar-refractivity contribution in [3.8, 4) is 0 Å². The lowest BCUT2D eigenvalue weighted by Gasteiger charge is -2.15. The third-order valence-corrected chi connectivity index (χ3v) is 4.27. The van der Waals surface area contributed by atoms with Crippen molar-refractivity contribution in [2.45, 2.75) is 31.4 Å². The minimum absolute atomic E-state index is 0.501. The topological polar surface area (TPSA) is 38.1 Å². The molecule has 1 saturated carbocycles. The molecule has 21 heavy (non-hydrogen) atoms. The van der Waals surface area contributed by atoms with Crippen LogP contribution >= 0.6 is 0 Å². The quantitative estimate of drug-likeness (QED) is 0.791. The number of imidazole rings is 1. The van der Waals surface area contributed by atoms with E-state index in [1.54, 1.807) is 6.20 Å². The second-order valence-corrected chi connectivity index (χ2v) is 5.82. The third kappa shape index (κ3) is 2.34. The van der Waals surface area contributed by atoms with Crippen LogP contribution in [0.25, 0.3) is 10.8 Å². The molecule has 0 aliphatic heterocycles. The molecule has 1 heterocycles. The lowest BCUT2D eigenvalue weighted by atomic mass is 9.99. The van der Waals surface area contributed by atoms with Gasteiger partial charge in [-0.05, 0) is 29.2 Å². The highest BCUT2D eigenvalue weighted by Gasteiger charge is 2.27. The molecule has 2 aromatic carbocycles. The third-order valence-electron chi connectivity index (χ3n) is 4.27. The van der Waals surface area contributed by atoms with Crippen molar-refractivity contribution in [1.29, 1.82) is 0 Å². The highest BCUT2D eigenvalue weighted by molar-refractivity contribution is 5.85. The maximum atomic E-state index is 10.6. The number of nitrogens with zero attached hydrogens (tertiary/aromatic N) is 2. The zero-order valence-electron chi connectivity index (χ0n) is 11.8. The molecule has 0 saturated heterocycles. The summed E-state index contributed by atoms with van der Waals surface area (Å²) in [6.07, 6.45) is 6.17. The highest BCUT2D eigenvalue weighted by atomic mass is 16.3. The van der Waals surface area contributed by atoms with E-state index < -0.39 is 6.10 Å². The normalized spacial score (nSPS) is 16.2. The fourth-order valence-electron chi connectivity index (χ4n) is 3.01. The zero-order valence-corrected chi connectivity index (χ0v) is 11.8. The van der Waals surface area contributed by atoms with E-state index in [0.717, 1.165) is 5.69 Å². The lowest BCUT2D eigenvalue weighted by molar-refractivity contribution is 0.169. The van der Waals surface area contributed by atoms with Crippen LogP contribution in [0.4, 0.5) is 0 Å². The van der Waals surface area contributed by atoms with Crippen LogP contribution in [-0.4, -0.2) is 14.7 Å². The summed E-state index contributed by atoms with van der Waals surface area (Å²) in [5.74, 6) is 0. The van der Waals surface area contributed by atoms with E-state index in [-0.39, 0.29) is 0 Å². The van der Waals surface area contributed by atoms with Crippen LogP contribution in [0, 0.1) is 0 Å². The lowest BCUT2D eigenvalue weighted by Crippen LogP contribution is -2.08. The first-order chi connectivity index (χ1) is 10.3. The molecule has 0 spiro atoms. The first-order valence-corrected chi connectivity index (χ1v) is 7.49. The Labute approximate surface area is 123 Å². The molecule has 0 bridgehead atoms. The minimum atomic E-state index is -0.501. The van der Waals surface area contributed by atoms with Gasteiger partial charge in [-0.1, -0.05) is 42.5 Å². The maximum absolute atomic E-state index is 10.6. The molecule has 0 radical (unpaired) electrons. The van der Waals surface area contributed by atoms with Crippen LogP contribution in [0.2, 0.25) is 0 Å². The Hall–Kier alpha value is -2.13. The molecule has 0 amide bonds. The van der Waals surface area contributed by atoms with Crippen LogP contribution < -0.4 is 0 Å². The van der Waals surface area contributed by atoms with Crippen molar-refractivity contribution in [3.05, 3.63) is 66.2 Å². The molecule has 1 aromatic heterocycles. The van der Waals surface area contributed by atoms with Crippen LogP contribution in [-0.2, 0) is 6.42 Å². The number of benzene rings is 2. The Balaban J connectivity index is 1.66. The number of aliphatic hydroxyl groups excluding tert-OH is 1. The van der Waals surface area contributed by atoms with Gasteiger partial charge in [0.2, 0.25) is 0 Å². The molecule has 106 valence electrons. The second kappa shape index (κ2) is 5.01. The standard InChI is InChI=1S/C18H18N2O/c21-18(17-11-19-12-20(17)15-8-9-15)10-14-6-3-5-13-4-1-2-7-16(13)14/h1-7,11-12,15,18,21H,8-10H2. The first-order valence-electron chi connectivity index (χ1n) is 7.49. The Bertz CT molecular complexity index is 768. The highest BCUT2D eigenvalue weighted by Crippen LogP contribution is 2.37. The molecule has 1 N–H and O–H groups in total. The predicted octanol–water partition coefficient (Wildman–Crippen LogP) is 3.65. The van der Waals surface area contributed by atoms with Gasteiger partial charge in [0.05, 0.1) is 24.3 Å². The van der Waals surface area contributed by atoms with Gasteiger partial charge >= 0.3 is 0 Å². The van der Waals surface area contributed by atoms with E-state index in [1.807, 2.05) is 18.5 Å². The average Bonchev–Trinajstić information content (AvgIpc) is 3.24. The van der Waals surface area contributed by atoms with Crippen molar-refractivity contribution in [2.24, 2.45) is 0 Å². The summed E-state index contributed by atoms with van der Waals surface area (Å²) < 4.78 is 2.13. The maximum Gasteiger partial charge on any atom is 0.0996 e. The van der Waals surface area contributed by atoms with Gasteiger partial charge in [0.25, 0.3) is 0 Å². The summed E-state index contributed by atoms with van der Waals surface area (Å²) >= 11 is 0. The van der Waals surface area contributed by atoms with E-state index in [4.69, 9.17) is 0 Å². The van der Waals surface area contributed by atoms with E-state index in [9.17, 15) is 5.11 Å². The second-order valence-electron chi connectivity index (χ2n) is 5.82. The van der Waals surface area contributed by atoms with E-state index in [0.29, 0.717) is 12.5 Å². The predicted molar refractivity (Wildman–Crippen MR) is 83.1 cm³/mol. The zero-order chi connectivity index (χ0) is 14.2. The number of fused-ring (bicyclic) bond motifs is 1. The molecular weight excluding hydrogens is 260 g/mol. The number of hydrogen-bond acceptors (Lipinski definition) is 2. The molecule has 1 aliphatic carbocycles. The molecule has 3 heteroatoms. The molecule has 3 nitrogen and oxygen atoms in total. The summed E-state index contributed by atoms with van der Waals surface area (Å²) in [6.45, 7) is 0. The largest absolute Gasteiger partial charge is 0.386 e. The summed E-state index contributed by atoms with van der Waals surface area (Å²) in [5, 5.41) is 13.1. The van der Waals surface area contributed by atoms with Gasteiger partial charge in [-0.3, -0.25) is 0 Å². The van der Waals surface area contributed by atoms with Crippen LogP contribution in [0.3, 0.4) is 0 Å². The van der Waals surface area contributed by atoms with Gasteiger partial charge in [-0.2, -0.15) is 0 Å². The monoisotopic (exact) mass is 278 g/mol. The van der Waals surface area contributed by atoms with Crippen molar-refractivity contribution in [3.63, 3.8) is 0 Å². The molecule has 1 atom stereocenters. The van der Waals surface area contributed by atoms with Crippen LogP contribution in [0.1, 0.15) is 36.2 Å². The van der Waals surface area contributed by atoms with Gasteiger partial charge in [-0.15, -0.1) is 0 Å². The van der Waals surface area contributed by atoms with Gasteiger partial charge in [0.1, 0.15) is 0 Å². The first kappa shape index (κ1) is 12.6. The van der Waals surface area contributed by atoms with E-state index in [1.165, 1.54) is 29.2 Å². The summed E-state index contributed by atoms with van der Waals surface area (Å²) in [5.41, 5.74) is 2.12. The summed E-state index contributed by atoms with van der Waals surface area (Å²) in [6, 6.07) is 15.1. The summed E-state index contributed by atoms with van der Waals surface area (Å²) in [7, 11) is 0. The van der Waals surface area contributed by atoms with Crippen molar-refractivity contribution >= 4 is 10.8 Å². The van der Waals surface area contributed by atoms with E-state index >= 15 is 0 Å². The van der Waals surface area contributed by atoms with Crippen molar-refractivity contribution < 1.29 is 5.11 Å². The van der Waals surface area contributed by atoms with Gasteiger partial charge in [0.15, 0.2) is 0 Å². The van der Waals surface area contributed by atoms with Crippen LogP contribution in [0.5, 0.6) is 0 Å². The van der Waals surface area contributed by atoms with Gasteiger partial charge in [0, 0.05) is 12.5 Å². The minimum Gasteiger partial charge on any atom is -0.386 e. The van der Waals surface area contributed by atoms with E-state index in [2.05, 4.69) is 39.9 Å². The molecule has 1 unspecified atom stereocenters. The van der Waals surface area contributed by atoms with Gasteiger partial charge in [-0.25, -0.2) is 4.98 Å². The summed E-state index contributed by atoms with van der Waals surface area (Å²) in [4.78, 5) is 4.21. The fourth-order valence-corrected chi connectivity index (χ4v) is 3.01. The van der Waals surface area contributed by atoms with Gasteiger partial charge < -0.3 is 9.67 Å². The molecule has 1 aliphatic rings. The number of rotatable bonds is 4. The molecule has 4 rings (SSSR count). The smallest absolute Gasteiger partial charge is 0.0996 e. The molecule has 1 fully saturated rings. The number of aliphatic hydroxyl groups is 1. The molecular formula is C18H18N2O. The SMILES string of the molecule is OC(Cc1cccc2ccccc12)c1cncn1C1CC1. The Morgan fingerprint density at radius 2 is 1.95 bits per heavy atom. The fraction of sp³-hybridized carbons (Fsp3) is 0.278. The molecule has 3 aromatic rings. The Morgan fingerprint density at radius 3 is 2.81 bits per heavy atom. The van der Waals surface area contributed by atoms with Crippen molar-refractivity contribution in [2.75, 3.05) is 0 Å². The average molecular weight is 278 g/mol. The Morgan fingerprint density at radius 1 is 1.14 bits per heavy atom. The number of hydrogen-bond donors (Lipinski definition) is 1. The van der Waals surface area contributed by atoms with Crippen molar-refractivity contribution in [1.82, 2.24) is 9.55 Å². The number of aromatic nitrogens is 2. The Kier molecular flexibility index (Phi) is 3.00.